The van der Waals surface area contributed by atoms with Crippen molar-refractivity contribution in [1.29, 1.82) is 0 Å². The molecule has 1 aliphatic rings. The van der Waals surface area contributed by atoms with Crippen molar-refractivity contribution < 1.29 is 13.2 Å². The Hall–Kier alpha value is -2.11. The molecule has 0 aliphatic carbocycles. The van der Waals surface area contributed by atoms with Gasteiger partial charge in [-0.3, -0.25) is 4.79 Å². The lowest BCUT2D eigenvalue weighted by molar-refractivity contribution is -0.123. The number of rotatable bonds is 3. The van der Waals surface area contributed by atoms with Gasteiger partial charge in [-0.1, -0.05) is 35.9 Å². The number of likely N-dealkylation sites (tertiary alicyclic amines) is 1. The van der Waals surface area contributed by atoms with Crippen LogP contribution in [-0.2, 0) is 14.6 Å². The maximum atomic E-state index is 12.5. The molecule has 2 aromatic carbocycles. The summed E-state index contributed by atoms with van der Waals surface area (Å²) in [6.07, 6.45) is 1.83. The molecule has 6 heteroatoms. The second-order valence-electron chi connectivity index (χ2n) is 6.13. The van der Waals surface area contributed by atoms with Gasteiger partial charge in [0.2, 0.25) is 5.91 Å². The molecule has 3 rings (SSSR count). The van der Waals surface area contributed by atoms with Crippen molar-refractivity contribution in [2.45, 2.75) is 11.3 Å². The fourth-order valence-electron chi connectivity index (χ4n) is 2.95. The lowest BCUT2D eigenvalue weighted by Crippen LogP contribution is -2.19. The zero-order valence-electron chi connectivity index (χ0n) is 14.0. The molecule has 0 unspecified atom stereocenters. The SMILES string of the molecule is CN1CC/C(=C(\c2ccc(Cl)cc2)c2ccc(S(C)(=O)=O)cc2)C1=O. The number of benzene rings is 2. The maximum Gasteiger partial charge on any atom is 0.250 e. The molecular weight excluding hydrogens is 358 g/mol. The molecule has 1 aliphatic heterocycles. The number of nitrogens with zero attached hydrogens (tertiary/aromatic N) is 1. The molecule has 1 heterocycles. The Kier molecular flexibility index (Phi) is 4.71. The van der Waals surface area contributed by atoms with E-state index in [0.29, 0.717) is 18.0 Å². The standard InChI is InChI=1S/C19H18ClNO3S/c1-21-12-11-17(19(21)22)18(13-3-7-15(20)8-4-13)14-5-9-16(10-6-14)25(2,23)24/h3-10H,11-12H2,1-2H3/b18-17-. The summed E-state index contributed by atoms with van der Waals surface area (Å²) in [7, 11) is -1.48. The summed E-state index contributed by atoms with van der Waals surface area (Å²) in [5.74, 6) is -0.00265. The van der Waals surface area contributed by atoms with E-state index in [9.17, 15) is 13.2 Å². The molecule has 2 aromatic rings. The molecule has 0 bridgehead atoms. The number of hydrogen-bond acceptors (Lipinski definition) is 3. The molecule has 1 amide bonds. The molecule has 0 aromatic heterocycles. The lowest BCUT2D eigenvalue weighted by atomic mass is 9.92. The average molecular weight is 376 g/mol. The first-order valence-electron chi connectivity index (χ1n) is 7.82. The number of halogens is 1. The van der Waals surface area contributed by atoms with Crippen molar-refractivity contribution in [2.75, 3.05) is 19.8 Å². The first-order chi connectivity index (χ1) is 11.8. The van der Waals surface area contributed by atoms with Gasteiger partial charge < -0.3 is 4.90 Å². The van der Waals surface area contributed by atoms with E-state index >= 15 is 0 Å². The molecule has 1 saturated heterocycles. The molecule has 0 spiro atoms. The van der Waals surface area contributed by atoms with Gasteiger partial charge in [0.1, 0.15) is 0 Å². The summed E-state index contributed by atoms with van der Waals surface area (Å²) < 4.78 is 23.4. The number of sulfone groups is 1. The van der Waals surface area contributed by atoms with Crippen molar-refractivity contribution in [3.63, 3.8) is 0 Å². The number of likely N-dealkylation sites (N-methyl/N-ethyl adjacent to an activating group) is 1. The average Bonchev–Trinajstić information content (AvgIpc) is 2.89. The molecule has 1 fully saturated rings. The summed E-state index contributed by atoms with van der Waals surface area (Å²) >= 11 is 5.99. The quantitative estimate of drug-likeness (QED) is 0.772. The van der Waals surface area contributed by atoms with Crippen LogP contribution >= 0.6 is 11.6 Å². The van der Waals surface area contributed by atoms with Crippen molar-refractivity contribution in [3.8, 4) is 0 Å². The normalized spacial score (nSPS) is 17.1. The van der Waals surface area contributed by atoms with E-state index in [1.165, 1.54) is 6.26 Å². The van der Waals surface area contributed by atoms with E-state index in [1.54, 1.807) is 48.3 Å². The van der Waals surface area contributed by atoms with Crippen molar-refractivity contribution in [3.05, 3.63) is 70.3 Å². The summed E-state index contributed by atoms with van der Waals surface area (Å²) in [5, 5.41) is 0.621. The van der Waals surface area contributed by atoms with Gasteiger partial charge >= 0.3 is 0 Å². The van der Waals surface area contributed by atoms with Crippen LogP contribution in [0.15, 0.2) is 59.0 Å². The fraction of sp³-hybridized carbons (Fsp3) is 0.211. The van der Waals surface area contributed by atoms with E-state index in [0.717, 1.165) is 22.3 Å². The van der Waals surface area contributed by atoms with Gasteiger partial charge in [0.25, 0.3) is 0 Å². The van der Waals surface area contributed by atoms with Gasteiger partial charge in [-0.05, 0) is 47.4 Å². The van der Waals surface area contributed by atoms with Crippen molar-refractivity contribution in [2.24, 2.45) is 0 Å². The Morgan fingerprint density at radius 3 is 1.96 bits per heavy atom. The minimum absolute atomic E-state index is 0.00265. The zero-order valence-corrected chi connectivity index (χ0v) is 15.6. The van der Waals surface area contributed by atoms with Crippen LogP contribution in [-0.4, -0.2) is 39.1 Å². The highest BCUT2D eigenvalue weighted by Crippen LogP contribution is 2.33. The Bertz CT molecular complexity index is 945. The fourth-order valence-corrected chi connectivity index (χ4v) is 3.71. The number of carbonyl (C=O) groups is 1. The minimum atomic E-state index is -3.26. The van der Waals surface area contributed by atoms with Gasteiger partial charge in [-0.15, -0.1) is 0 Å². The predicted molar refractivity (Wildman–Crippen MR) is 99.3 cm³/mol. The van der Waals surface area contributed by atoms with Crippen LogP contribution in [0.1, 0.15) is 17.5 Å². The van der Waals surface area contributed by atoms with Crippen LogP contribution in [0.5, 0.6) is 0 Å². The van der Waals surface area contributed by atoms with Crippen LogP contribution in [0.2, 0.25) is 5.02 Å². The molecule has 0 atom stereocenters. The number of hydrogen-bond donors (Lipinski definition) is 0. The summed E-state index contributed by atoms with van der Waals surface area (Å²) in [6.45, 7) is 0.673. The van der Waals surface area contributed by atoms with Crippen LogP contribution in [0.25, 0.3) is 5.57 Å². The van der Waals surface area contributed by atoms with Crippen molar-refractivity contribution >= 4 is 32.9 Å². The van der Waals surface area contributed by atoms with Crippen LogP contribution in [0.4, 0.5) is 0 Å². The third-order valence-electron chi connectivity index (χ3n) is 4.31. The van der Waals surface area contributed by atoms with Crippen molar-refractivity contribution in [1.82, 2.24) is 4.90 Å². The molecule has 0 saturated carbocycles. The Morgan fingerprint density at radius 2 is 1.52 bits per heavy atom. The van der Waals surface area contributed by atoms with E-state index in [2.05, 4.69) is 0 Å². The second-order valence-corrected chi connectivity index (χ2v) is 8.59. The number of amides is 1. The minimum Gasteiger partial charge on any atom is -0.342 e. The van der Waals surface area contributed by atoms with Crippen LogP contribution < -0.4 is 0 Å². The first-order valence-corrected chi connectivity index (χ1v) is 10.1. The van der Waals surface area contributed by atoms with E-state index in [-0.39, 0.29) is 10.8 Å². The lowest BCUT2D eigenvalue weighted by Gasteiger charge is -2.13. The molecular formula is C19H18ClNO3S. The van der Waals surface area contributed by atoms with Gasteiger partial charge in [-0.25, -0.2) is 8.42 Å². The largest absolute Gasteiger partial charge is 0.342 e. The molecule has 0 N–H and O–H groups in total. The van der Waals surface area contributed by atoms with Gasteiger partial charge in [0.05, 0.1) is 4.90 Å². The summed E-state index contributed by atoms with van der Waals surface area (Å²) in [5.41, 5.74) is 3.26. The first kappa shape index (κ1) is 17.7. The smallest absolute Gasteiger partial charge is 0.250 e. The monoisotopic (exact) mass is 375 g/mol. The Balaban J connectivity index is 2.17. The van der Waals surface area contributed by atoms with Gasteiger partial charge in [0, 0.05) is 30.4 Å². The molecule has 130 valence electrons. The molecule has 0 radical (unpaired) electrons. The highest BCUT2D eigenvalue weighted by atomic mass is 35.5. The van der Waals surface area contributed by atoms with Crippen LogP contribution in [0.3, 0.4) is 0 Å². The molecule has 4 nitrogen and oxygen atoms in total. The summed E-state index contributed by atoms with van der Waals surface area (Å²) in [6, 6.07) is 14.0. The van der Waals surface area contributed by atoms with E-state index < -0.39 is 9.84 Å². The van der Waals surface area contributed by atoms with Crippen LogP contribution in [0, 0.1) is 0 Å². The number of carbonyl (C=O) groups excluding carboxylic acids is 1. The predicted octanol–water partition coefficient (Wildman–Crippen LogP) is 3.41. The van der Waals surface area contributed by atoms with Gasteiger partial charge in [-0.2, -0.15) is 0 Å². The third kappa shape index (κ3) is 3.62. The maximum absolute atomic E-state index is 12.5. The summed E-state index contributed by atoms with van der Waals surface area (Å²) in [4.78, 5) is 14.5. The highest BCUT2D eigenvalue weighted by molar-refractivity contribution is 7.90. The highest BCUT2D eigenvalue weighted by Gasteiger charge is 2.27. The topological polar surface area (TPSA) is 54.5 Å². The zero-order chi connectivity index (χ0) is 18.2. The van der Waals surface area contributed by atoms with E-state index in [4.69, 9.17) is 11.6 Å². The van der Waals surface area contributed by atoms with Gasteiger partial charge in [0.15, 0.2) is 9.84 Å². The molecule has 25 heavy (non-hydrogen) atoms. The van der Waals surface area contributed by atoms with E-state index in [1.807, 2.05) is 12.1 Å². The Morgan fingerprint density at radius 1 is 1.00 bits per heavy atom. The second kappa shape index (κ2) is 6.65. The third-order valence-corrected chi connectivity index (χ3v) is 5.69. The Labute approximate surface area is 152 Å².